The average molecular weight is 525 g/mol. The van der Waals surface area contributed by atoms with Crippen molar-refractivity contribution in [3.8, 4) is 0 Å². The molecule has 188 valence electrons. The van der Waals surface area contributed by atoms with Crippen LogP contribution in [0.15, 0.2) is 59.1 Å². The van der Waals surface area contributed by atoms with Gasteiger partial charge in [-0.15, -0.1) is 11.3 Å². The number of carbonyl (C=O) groups is 1. The van der Waals surface area contributed by atoms with Crippen molar-refractivity contribution >= 4 is 59.8 Å². The fourth-order valence-corrected chi connectivity index (χ4v) is 7.39. The number of pyridine rings is 1. The van der Waals surface area contributed by atoms with Crippen molar-refractivity contribution in [1.82, 2.24) is 14.9 Å². The van der Waals surface area contributed by atoms with Gasteiger partial charge in [0.2, 0.25) is 0 Å². The molecule has 2 atom stereocenters. The molecule has 0 aliphatic carbocycles. The molecule has 2 aromatic carbocycles. The van der Waals surface area contributed by atoms with Crippen molar-refractivity contribution in [2.45, 2.75) is 49.8 Å². The lowest BCUT2D eigenvalue weighted by molar-refractivity contribution is 0.0604. The van der Waals surface area contributed by atoms with Gasteiger partial charge >= 0.3 is 6.09 Å². The number of anilines is 2. The Balaban J connectivity index is 1.49. The fourth-order valence-electron chi connectivity index (χ4n) is 4.96. The number of thiazole rings is 1. The van der Waals surface area contributed by atoms with E-state index in [9.17, 15) is 18.3 Å². The molecule has 8 nitrogen and oxygen atoms in total. The lowest BCUT2D eigenvalue weighted by Crippen LogP contribution is -2.54. The number of fused-ring (bicyclic) bond motifs is 2. The molecule has 10 heteroatoms. The molecule has 0 radical (unpaired) electrons. The predicted octanol–water partition coefficient (Wildman–Crippen LogP) is 5.92. The van der Waals surface area contributed by atoms with E-state index in [-0.39, 0.29) is 35.7 Å². The fraction of sp³-hybridized carbons (Fsp3) is 0.346. The normalized spacial score (nSPS) is 19.0. The Hall–Kier alpha value is -3.24. The van der Waals surface area contributed by atoms with Crippen molar-refractivity contribution in [3.05, 3.63) is 54.2 Å². The molecule has 4 aromatic rings. The average Bonchev–Trinajstić information content (AvgIpc) is 3.31. The molecular formula is C26H28N4O4S2. The first-order valence-electron chi connectivity index (χ1n) is 11.8. The number of piperidine rings is 1. The summed E-state index contributed by atoms with van der Waals surface area (Å²) in [6.45, 7) is 6.05. The van der Waals surface area contributed by atoms with Crippen molar-refractivity contribution in [1.29, 1.82) is 0 Å². The van der Waals surface area contributed by atoms with Crippen molar-refractivity contribution < 1.29 is 18.3 Å². The van der Waals surface area contributed by atoms with E-state index < -0.39 is 21.2 Å². The number of hydrogen-bond donors (Lipinski definition) is 2. The Bertz CT molecular complexity index is 1560. The molecule has 0 spiro atoms. The van der Waals surface area contributed by atoms with Crippen molar-refractivity contribution in [2.75, 3.05) is 11.9 Å². The standard InChI is InChI=1S/C26H28N4O4S2/c1-26(2,3)24-14-18(9-11-30(24)25(31)32)36(33,34)17-5-6-20-19(13-17)21(8-10-27-20)29-16-4-7-23-22(12-16)28-15-35-23/h4-8,10,12-13,15,18,24H,9,11,14H2,1-3H3,(H,27,29)(H,31,32). The molecule has 5 rings (SSSR count). The van der Waals surface area contributed by atoms with E-state index in [1.165, 1.54) is 4.90 Å². The van der Waals surface area contributed by atoms with Gasteiger partial charge in [-0.3, -0.25) is 4.98 Å². The molecule has 1 saturated heterocycles. The minimum Gasteiger partial charge on any atom is -0.465 e. The number of aromatic nitrogens is 2. The van der Waals surface area contributed by atoms with Gasteiger partial charge in [0, 0.05) is 35.5 Å². The van der Waals surface area contributed by atoms with Gasteiger partial charge in [0.1, 0.15) is 0 Å². The maximum atomic E-state index is 13.8. The summed E-state index contributed by atoms with van der Waals surface area (Å²) in [7, 11) is -3.69. The second-order valence-corrected chi connectivity index (χ2v) is 13.4. The summed E-state index contributed by atoms with van der Waals surface area (Å²) in [6, 6.07) is 12.4. The van der Waals surface area contributed by atoms with Crippen LogP contribution in [0.3, 0.4) is 0 Å². The SMILES string of the molecule is CC(C)(C)C1CC(S(=O)(=O)c2ccc3nccc(Nc4ccc5scnc5c4)c3c2)CCN1C(=O)O. The van der Waals surface area contributed by atoms with Gasteiger partial charge in [-0.1, -0.05) is 20.8 Å². The van der Waals surface area contributed by atoms with Crippen molar-refractivity contribution in [2.24, 2.45) is 5.41 Å². The number of benzene rings is 2. The molecule has 2 N–H and O–H groups in total. The van der Waals surface area contributed by atoms with Crippen LogP contribution in [0.25, 0.3) is 21.1 Å². The number of likely N-dealkylation sites (tertiary alicyclic amines) is 1. The number of carboxylic acid groups (broad SMARTS) is 1. The van der Waals surface area contributed by atoms with Gasteiger partial charge in [-0.2, -0.15) is 0 Å². The highest BCUT2D eigenvalue weighted by Crippen LogP contribution is 2.37. The number of amides is 1. The molecule has 1 aliphatic rings. The highest BCUT2D eigenvalue weighted by molar-refractivity contribution is 7.92. The molecule has 2 aromatic heterocycles. The Morgan fingerprint density at radius 2 is 1.92 bits per heavy atom. The first kappa shape index (κ1) is 24.5. The van der Waals surface area contributed by atoms with Crippen LogP contribution < -0.4 is 5.32 Å². The van der Waals surface area contributed by atoms with Crippen LogP contribution in [0.5, 0.6) is 0 Å². The molecular weight excluding hydrogens is 496 g/mol. The van der Waals surface area contributed by atoms with Gasteiger partial charge in [-0.05, 0) is 60.7 Å². The second kappa shape index (κ2) is 9.01. The van der Waals surface area contributed by atoms with E-state index in [0.29, 0.717) is 10.9 Å². The van der Waals surface area contributed by atoms with E-state index in [1.54, 1.807) is 41.2 Å². The number of sulfone groups is 1. The van der Waals surface area contributed by atoms with E-state index in [2.05, 4.69) is 15.3 Å². The van der Waals surface area contributed by atoms with E-state index in [4.69, 9.17) is 0 Å². The van der Waals surface area contributed by atoms with E-state index >= 15 is 0 Å². The Kier molecular flexibility index (Phi) is 6.12. The topological polar surface area (TPSA) is 112 Å². The van der Waals surface area contributed by atoms with E-state index in [0.717, 1.165) is 21.6 Å². The minimum atomic E-state index is -3.69. The van der Waals surface area contributed by atoms with E-state index in [1.807, 2.05) is 45.0 Å². The zero-order valence-corrected chi connectivity index (χ0v) is 21.9. The molecule has 1 fully saturated rings. The summed E-state index contributed by atoms with van der Waals surface area (Å²) in [6.07, 6.45) is 1.22. The summed E-state index contributed by atoms with van der Waals surface area (Å²) in [5, 5.41) is 13.1. The van der Waals surface area contributed by atoms with Gasteiger partial charge in [0.25, 0.3) is 0 Å². The lowest BCUT2D eigenvalue weighted by Gasteiger charge is -2.44. The molecule has 3 heterocycles. The molecule has 0 bridgehead atoms. The predicted molar refractivity (Wildman–Crippen MR) is 143 cm³/mol. The number of nitrogens with zero attached hydrogens (tertiary/aromatic N) is 3. The number of rotatable bonds is 4. The van der Waals surface area contributed by atoms with Gasteiger partial charge < -0.3 is 15.3 Å². The first-order chi connectivity index (χ1) is 17.0. The van der Waals surface area contributed by atoms with Gasteiger partial charge in [-0.25, -0.2) is 18.2 Å². The molecule has 0 saturated carbocycles. The third kappa shape index (κ3) is 4.51. The third-order valence-corrected chi connectivity index (χ3v) is 9.92. The van der Waals surface area contributed by atoms with Crippen LogP contribution in [0.2, 0.25) is 0 Å². The summed E-state index contributed by atoms with van der Waals surface area (Å²) in [5.41, 5.74) is 4.60. The Labute approximate surface area is 213 Å². The third-order valence-electron chi connectivity index (χ3n) is 6.89. The summed E-state index contributed by atoms with van der Waals surface area (Å²) < 4.78 is 28.6. The van der Waals surface area contributed by atoms with Gasteiger partial charge in [0.15, 0.2) is 9.84 Å². The smallest absolute Gasteiger partial charge is 0.407 e. The van der Waals surface area contributed by atoms with Crippen LogP contribution in [0.1, 0.15) is 33.6 Å². The highest BCUT2D eigenvalue weighted by Gasteiger charge is 2.43. The summed E-state index contributed by atoms with van der Waals surface area (Å²) in [5.74, 6) is 0. The zero-order valence-electron chi connectivity index (χ0n) is 20.3. The zero-order chi connectivity index (χ0) is 25.7. The molecule has 1 aliphatic heterocycles. The monoisotopic (exact) mass is 524 g/mol. The Morgan fingerprint density at radius 3 is 2.67 bits per heavy atom. The Morgan fingerprint density at radius 1 is 1.11 bits per heavy atom. The maximum Gasteiger partial charge on any atom is 0.407 e. The minimum absolute atomic E-state index is 0.197. The van der Waals surface area contributed by atoms with Crippen molar-refractivity contribution in [3.63, 3.8) is 0 Å². The van der Waals surface area contributed by atoms with Crippen LogP contribution in [-0.2, 0) is 9.84 Å². The largest absolute Gasteiger partial charge is 0.465 e. The van der Waals surface area contributed by atoms with Crippen LogP contribution in [-0.4, -0.2) is 52.3 Å². The first-order valence-corrected chi connectivity index (χ1v) is 14.2. The summed E-state index contributed by atoms with van der Waals surface area (Å²) >= 11 is 1.58. The molecule has 36 heavy (non-hydrogen) atoms. The van der Waals surface area contributed by atoms with Crippen LogP contribution in [0, 0.1) is 5.41 Å². The van der Waals surface area contributed by atoms with Crippen LogP contribution >= 0.6 is 11.3 Å². The molecule has 2 unspecified atom stereocenters. The second-order valence-electron chi connectivity index (χ2n) is 10.2. The molecule has 1 amide bonds. The number of hydrogen-bond acceptors (Lipinski definition) is 7. The summed E-state index contributed by atoms with van der Waals surface area (Å²) in [4.78, 5) is 22.2. The highest BCUT2D eigenvalue weighted by atomic mass is 32.2. The quantitative estimate of drug-likeness (QED) is 0.341. The number of nitrogens with one attached hydrogen (secondary N) is 1. The van der Waals surface area contributed by atoms with Crippen LogP contribution in [0.4, 0.5) is 16.2 Å². The van der Waals surface area contributed by atoms with Gasteiger partial charge in [0.05, 0.1) is 31.4 Å². The lowest BCUT2D eigenvalue weighted by atomic mass is 9.80. The maximum absolute atomic E-state index is 13.8.